The van der Waals surface area contributed by atoms with Gasteiger partial charge >= 0.3 is 0 Å². The van der Waals surface area contributed by atoms with Gasteiger partial charge in [-0.25, -0.2) is 0 Å². The molecule has 3 nitrogen and oxygen atoms in total. The third kappa shape index (κ3) is 1.66. The molecule has 3 N–H and O–H groups in total. The number of nitrogens with two attached hydrogens (primary N) is 1. The van der Waals surface area contributed by atoms with Crippen molar-refractivity contribution in [2.24, 2.45) is 5.73 Å². The Balaban J connectivity index is 2.49. The molecule has 0 atom stereocenters. The van der Waals surface area contributed by atoms with Crippen LogP contribution in [0.15, 0.2) is 12.1 Å². The second-order valence-electron chi connectivity index (χ2n) is 4.02. The average molecular weight is 228 g/mol. The summed E-state index contributed by atoms with van der Waals surface area (Å²) in [5.41, 5.74) is 6.41. The Morgan fingerprint density at radius 3 is 2.60 bits per heavy atom. The molecule has 2 rings (SSSR count). The van der Waals surface area contributed by atoms with Gasteiger partial charge < -0.3 is 15.6 Å². The van der Waals surface area contributed by atoms with Crippen molar-refractivity contribution in [1.29, 1.82) is 0 Å². The predicted octanol–water partition coefficient (Wildman–Crippen LogP) is 2.39. The number of hydrogen-bond donors (Lipinski definition) is 2. The number of phenolic OH excluding ortho intramolecular Hbond substituents is 1. The highest BCUT2D eigenvalue weighted by Crippen LogP contribution is 2.46. The van der Waals surface area contributed by atoms with Gasteiger partial charge in [-0.05, 0) is 25.3 Å². The summed E-state index contributed by atoms with van der Waals surface area (Å²) in [7, 11) is 1.57. The number of benzene rings is 1. The Morgan fingerprint density at radius 1 is 1.47 bits per heavy atom. The zero-order chi connectivity index (χ0) is 11.1. The van der Waals surface area contributed by atoms with Crippen LogP contribution in [0.2, 0.25) is 5.02 Å². The van der Waals surface area contributed by atoms with Gasteiger partial charge in [-0.3, -0.25) is 0 Å². The molecule has 0 radical (unpaired) electrons. The van der Waals surface area contributed by atoms with Crippen LogP contribution in [-0.2, 0) is 5.54 Å². The van der Waals surface area contributed by atoms with Gasteiger partial charge in [-0.1, -0.05) is 11.6 Å². The van der Waals surface area contributed by atoms with Crippen LogP contribution in [0.4, 0.5) is 0 Å². The highest BCUT2D eigenvalue weighted by Gasteiger charge is 2.37. The topological polar surface area (TPSA) is 55.5 Å². The molecule has 1 saturated carbocycles. The van der Waals surface area contributed by atoms with Crippen LogP contribution < -0.4 is 10.5 Å². The maximum absolute atomic E-state index is 9.85. The van der Waals surface area contributed by atoms with Crippen molar-refractivity contribution in [3.05, 3.63) is 22.7 Å². The maximum Gasteiger partial charge on any atom is 0.139 e. The van der Waals surface area contributed by atoms with E-state index in [1.165, 1.54) is 0 Å². The van der Waals surface area contributed by atoms with Gasteiger partial charge in [0.05, 0.1) is 12.1 Å². The standard InChI is InChI=1S/C11H14ClNO2/c1-15-7-5-8(10(14)9(12)6-7)11(13)3-2-4-11/h5-6,14H,2-4,13H2,1H3. The van der Waals surface area contributed by atoms with Crippen molar-refractivity contribution in [2.75, 3.05) is 7.11 Å². The predicted molar refractivity (Wildman–Crippen MR) is 59.4 cm³/mol. The van der Waals surface area contributed by atoms with E-state index < -0.39 is 5.54 Å². The lowest BCUT2D eigenvalue weighted by atomic mass is 9.72. The molecule has 1 aromatic rings. The fourth-order valence-corrected chi connectivity index (χ4v) is 2.11. The number of methoxy groups -OCH3 is 1. The van der Waals surface area contributed by atoms with E-state index in [1.54, 1.807) is 19.2 Å². The maximum atomic E-state index is 9.85. The van der Waals surface area contributed by atoms with Gasteiger partial charge in [0.15, 0.2) is 0 Å². The molecule has 1 fully saturated rings. The Hall–Kier alpha value is -0.930. The van der Waals surface area contributed by atoms with Gasteiger partial charge in [-0.2, -0.15) is 0 Å². The molecule has 0 heterocycles. The molecular weight excluding hydrogens is 214 g/mol. The summed E-state index contributed by atoms with van der Waals surface area (Å²) in [5, 5.41) is 10.1. The Labute approximate surface area is 93.8 Å². The second kappa shape index (κ2) is 3.58. The molecule has 82 valence electrons. The van der Waals surface area contributed by atoms with Crippen molar-refractivity contribution >= 4 is 11.6 Å². The summed E-state index contributed by atoms with van der Waals surface area (Å²) in [6.45, 7) is 0. The van der Waals surface area contributed by atoms with E-state index in [9.17, 15) is 5.11 Å². The molecule has 0 aromatic heterocycles. The van der Waals surface area contributed by atoms with Gasteiger partial charge in [0.2, 0.25) is 0 Å². The van der Waals surface area contributed by atoms with Crippen molar-refractivity contribution in [3.8, 4) is 11.5 Å². The van der Waals surface area contributed by atoms with E-state index >= 15 is 0 Å². The second-order valence-corrected chi connectivity index (χ2v) is 4.42. The Morgan fingerprint density at radius 2 is 2.13 bits per heavy atom. The van der Waals surface area contributed by atoms with E-state index in [0.717, 1.165) is 19.3 Å². The molecule has 1 aliphatic rings. The minimum atomic E-state index is -0.428. The van der Waals surface area contributed by atoms with E-state index in [2.05, 4.69) is 0 Å². The van der Waals surface area contributed by atoms with Crippen LogP contribution in [0.25, 0.3) is 0 Å². The molecule has 0 bridgehead atoms. The Bertz CT molecular complexity index is 388. The molecule has 0 unspecified atom stereocenters. The lowest BCUT2D eigenvalue weighted by molar-refractivity contribution is 0.244. The molecule has 0 spiro atoms. The first-order chi connectivity index (χ1) is 7.07. The summed E-state index contributed by atoms with van der Waals surface area (Å²) in [6, 6.07) is 3.35. The van der Waals surface area contributed by atoms with E-state index in [0.29, 0.717) is 16.3 Å². The van der Waals surface area contributed by atoms with E-state index in [-0.39, 0.29) is 5.75 Å². The number of halogens is 1. The highest BCUT2D eigenvalue weighted by atomic mass is 35.5. The van der Waals surface area contributed by atoms with Gasteiger partial charge in [0.1, 0.15) is 11.5 Å². The molecule has 15 heavy (non-hydrogen) atoms. The van der Waals surface area contributed by atoms with Crippen LogP contribution in [0.3, 0.4) is 0 Å². The Kier molecular flexibility index (Phi) is 2.52. The van der Waals surface area contributed by atoms with Crippen LogP contribution in [-0.4, -0.2) is 12.2 Å². The summed E-state index contributed by atoms with van der Waals surface area (Å²) in [4.78, 5) is 0. The van der Waals surface area contributed by atoms with Gasteiger partial charge in [-0.15, -0.1) is 0 Å². The lowest BCUT2D eigenvalue weighted by Gasteiger charge is -2.39. The van der Waals surface area contributed by atoms with Crippen molar-refractivity contribution in [2.45, 2.75) is 24.8 Å². The molecule has 1 aliphatic carbocycles. The monoisotopic (exact) mass is 227 g/mol. The number of aromatic hydroxyl groups is 1. The largest absolute Gasteiger partial charge is 0.506 e. The fraction of sp³-hybridized carbons (Fsp3) is 0.455. The van der Waals surface area contributed by atoms with Gasteiger partial charge in [0.25, 0.3) is 0 Å². The summed E-state index contributed by atoms with van der Waals surface area (Å²) in [6.07, 6.45) is 2.85. The minimum Gasteiger partial charge on any atom is -0.506 e. The summed E-state index contributed by atoms with van der Waals surface area (Å²) >= 11 is 5.90. The number of ether oxygens (including phenoxy) is 1. The number of rotatable bonds is 2. The molecule has 1 aromatic carbocycles. The first-order valence-electron chi connectivity index (χ1n) is 4.93. The number of hydrogen-bond acceptors (Lipinski definition) is 3. The van der Waals surface area contributed by atoms with Crippen LogP contribution in [0.5, 0.6) is 11.5 Å². The van der Waals surface area contributed by atoms with Gasteiger partial charge in [0, 0.05) is 17.2 Å². The normalized spacial score (nSPS) is 18.3. The first kappa shape index (κ1) is 10.6. The molecule has 0 saturated heterocycles. The third-order valence-corrected chi connectivity index (χ3v) is 3.34. The average Bonchev–Trinajstić information content (AvgIpc) is 2.18. The zero-order valence-corrected chi connectivity index (χ0v) is 9.34. The zero-order valence-electron chi connectivity index (χ0n) is 8.59. The molecular formula is C11H14ClNO2. The molecule has 4 heteroatoms. The van der Waals surface area contributed by atoms with Crippen LogP contribution >= 0.6 is 11.6 Å². The molecule has 0 aliphatic heterocycles. The fourth-order valence-electron chi connectivity index (χ4n) is 1.90. The summed E-state index contributed by atoms with van der Waals surface area (Å²) in [5.74, 6) is 0.712. The third-order valence-electron chi connectivity index (χ3n) is 3.05. The quantitative estimate of drug-likeness (QED) is 0.816. The summed E-state index contributed by atoms with van der Waals surface area (Å²) < 4.78 is 5.10. The highest BCUT2D eigenvalue weighted by molar-refractivity contribution is 6.32. The van der Waals surface area contributed by atoms with Crippen molar-refractivity contribution in [3.63, 3.8) is 0 Å². The lowest BCUT2D eigenvalue weighted by Crippen LogP contribution is -2.43. The van der Waals surface area contributed by atoms with E-state index in [1.807, 2.05) is 0 Å². The minimum absolute atomic E-state index is 0.0830. The van der Waals surface area contributed by atoms with Crippen LogP contribution in [0, 0.1) is 0 Å². The molecule has 0 amide bonds. The van der Waals surface area contributed by atoms with Crippen molar-refractivity contribution < 1.29 is 9.84 Å². The van der Waals surface area contributed by atoms with E-state index in [4.69, 9.17) is 22.1 Å². The SMILES string of the molecule is COc1cc(Cl)c(O)c(C2(N)CCC2)c1. The first-order valence-corrected chi connectivity index (χ1v) is 5.30. The van der Waals surface area contributed by atoms with Crippen LogP contribution in [0.1, 0.15) is 24.8 Å². The smallest absolute Gasteiger partial charge is 0.139 e. The van der Waals surface area contributed by atoms with Crippen molar-refractivity contribution in [1.82, 2.24) is 0 Å². The number of phenols is 1.